The lowest BCUT2D eigenvalue weighted by atomic mass is 10.1. The summed E-state index contributed by atoms with van der Waals surface area (Å²) >= 11 is 0. The van der Waals surface area contributed by atoms with E-state index in [1.165, 1.54) is 19.3 Å². The minimum atomic E-state index is -0.335. The van der Waals surface area contributed by atoms with Gasteiger partial charge in [0.1, 0.15) is 16.8 Å². The smallest absolute Gasteiger partial charge is 0.347 e. The first-order valence-electron chi connectivity index (χ1n) is 7.85. The summed E-state index contributed by atoms with van der Waals surface area (Å²) in [5, 5.41) is 5.64. The lowest BCUT2D eigenvalue weighted by Gasteiger charge is -2.09. The molecule has 3 rings (SSSR count). The topological polar surface area (TPSA) is 55.1 Å². The highest BCUT2D eigenvalue weighted by Gasteiger charge is 2.11. The number of anilines is 1. The number of benzene rings is 1. The molecule has 0 saturated heterocycles. The van der Waals surface area contributed by atoms with Crippen LogP contribution in [0.3, 0.4) is 0 Å². The summed E-state index contributed by atoms with van der Waals surface area (Å²) in [5.41, 5.74) is 0.276. The molecule has 2 heterocycles. The molecule has 0 unspecified atom stereocenters. The molecule has 22 heavy (non-hydrogen) atoms. The molecule has 0 atom stereocenters. The Hall–Kier alpha value is -2.36. The summed E-state index contributed by atoms with van der Waals surface area (Å²) < 4.78 is 5.42. The van der Waals surface area contributed by atoms with E-state index >= 15 is 0 Å². The van der Waals surface area contributed by atoms with Gasteiger partial charge in [-0.25, -0.2) is 9.78 Å². The fourth-order valence-corrected chi connectivity index (χ4v) is 2.71. The number of hydrogen-bond donors (Lipinski definition) is 1. The average molecular weight is 296 g/mol. The minimum Gasteiger partial charge on any atom is -0.422 e. The van der Waals surface area contributed by atoms with Crippen molar-refractivity contribution in [3.05, 3.63) is 46.9 Å². The minimum absolute atomic E-state index is 0.335. The zero-order valence-electron chi connectivity index (χ0n) is 12.8. The predicted molar refractivity (Wildman–Crippen MR) is 90.4 cm³/mol. The molecule has 0 aliphatic heterocycles. The Bertz CT molecular complexity index is 839. The fraction of sp³-hybridized carbons (Fsp3) is 0.333. The predicted octanol–water partition coefficient (Wildman–Crippen LogP) is 4.33. The SMILES string of the molecule is CCCCCCNc1nccc2c1c(=O)oc1ccccc12. The molecule has 1 aromatic carbocycles. The number of nitrogens with zero attached hydrogens (tertiary/aromatic N) is 1. The molecule has 0 amide bonds. The van der Waals surface area contributed by atoms with Crippen molar-refractivity contribution in [3.63, 3.8) is 0 Å². The van der Waals surface area contributed by atoms with Crippen LogP contribution in [0, 0.1) is 0 Å². The molecule has 0 spiro atoms. The maximum atomic E-state index is 12.3. The Labute approximate surface area is 129 Å². The largest absolute Gasteiger partial charge is 0.422 e. The van der Waals surface area contributed by atoms with Gasteiger partial charge >= 0.3 is 5.63 Å². The summed E-state index contributed by atoms with van der Waals surface area (Å²) in [7, 11) is 0. The van der Waals surface area contributed by atoms with Crippen LogP contribution < -0.4 is 10.9 Å². The van der Waals surface area contributed by atoms with Crippen LogP contribution in [0.2, 0.25) is 0 Å². The van der Waals surface area contributed by atoms with Gasteiger partial charge in [0.05, 0.1) is 0 Å². The highest BCUT2D eigenvalue weighted by atomic mass is 16.4. The maximum Gasteiger partial charge on any atom is 0.347 e. The van der Waals surface area contributed by atoms with E-state index in [1.807, 2.05) is 30.3 Å². The second-order valence-electron chi connectivity index (χ2n) is 5.46. The fourth-order valence-electron chi connectivity index (χ4n) is 2.71. The number of unbranched alkanes of at least 4 members (excludes halogenated alkanes) is 3. The Morgan fingerprint density at radius 3 is 2.82 bits per heavy atom. The molecule has 0 bridgehead atoms. The molecule has 0 aliphatic rings. The van der Waals surface area contributed by atoms with Crippen molar-refractivity contribution < 1.29 is 4.42 Å². The van der Waals surface area contributed by atoms with Gasteiger partial charge in [-0.3, -0.25) is 0 Å². The van der Waals surface area contributed by atoms with E-state index in [0.717, 1.165) is 23.7 Å². The summed E-state index contributed by atoms with van der Waals surface area (Å²) in [6, 6.07) is 9.46. The van der Waals surface area contributed by atoms with Crippen molar-refractivity contribution in [2.45, 2.75) is 32.6 Å². The highest BCUT2D eigenvalue weighted by molar-refractivity contribution is 6.07. The van der Waals surface area contributed by atoms with Crippen molar-refractivity contribution in [1.29, 1.82) is 0 Å². The lowest BCUT2D eigenvalue weighted by molar-refractivity contribution is 0.569. The molecule has 2 aromatic heterocycles. The number of fused-ring (bicyclic) bond motifs is 3. The van der Waals surface area contributed by atoms with E-state index in [9.17, 15) is 4.79 Å². The molecule has 4 heteroatoms. The van der Waals surface area contributed by atoms with E-state index < -0.39 is 0 Å². The van der Waals surface area contributed by atoms with Crippen molar-refractivity contribution >= 4 is 27.6 Å². The van der Waals surface area contributed by atoms with E-state index in [4.69, 9.17) is 4.42 Å². The summed E-state index contributed by atoms with van der Waals surface area (Å²) in [4.78, 5) is 16.6. The molecule has 0 fully saturated rings. The van der Waals surface area contributed by atoms with Crippen LogP contribution in [0.25, 0.3) is 21.7 Å². The van der Waals surface area contributed by atoms with Crippen molar-refractivity contribution in [2.24, 2.45) is 0 Å². The third kappa shape index (κ3) is 2.82. The maximum absolute atomic E-state index is 12.3. The van der Waals surface area contributed by atoms with Gasteiger partial charge in [0, 0.05) is 23.5 Å². The number of nitrogens with one attached hydrogen (secondary N) is 1. The first-order chi connectivity index (χ1) is 10.8. The Kier molecular flexibility index (Phi) is 4.37. The van der Waals surface area contributed by atoms with Crippen molar-refractivity contribution in [3.8, 4) is 0 Å². The third-order valence-electron chi connectivity index (χ3n) is 3.86. The third-order valence-corrected chi connectivity index (χ3v) is 3.86. The summed E-state index contributed by atoms with van der Waals surface area (Å²) in [6.07, 6.45) is 6.44. The second kappa shape index (κ2) is 6.60. The Morgan fingerprint density at radius 2 is 1.95 bits per heavy atom. The zero-order chi connectivity index (χ0) is 15.4. The summed E-state index contributed by atoms with van der Waals surface area (Å²) in [5.74, 6) is 0.619. The lowest BCUT2D eigenvalue weighted by Crippen LogP contribution is -2.09. The molecule has 1 N–H and O–H groups in total. The van der Waals surface area contributed by atoms with Gasteiger partial charge in [-0.1, -0.05) is 44.4 Å². The highest BCUT2D eigenvalue weighted by Crippen LogP contribution is 2.25. The monoisotopic (exact) mass is 296 g/mol. The van der Waals surface area contributed by atoms with Crippen LogP contribution in [-0.2, 0) is 0 Å². The van der Waals surface area contributed by atoms with Gasteiger partial charge in [-0.05, 0) is 18.6 Å². The summed E-state index contributed by atoms with van der Waals surface area (Å²) in [6.45, 7) is 3.01. The molecular weight excluding hydrogens is 276 g/mol. The van der Waals surface area contributed by atoms with E-state index in [0.29, 0.717) is 16.8 Å². The van der Waals surface area contributed by atoms with Crippen LogP contribution >= 0.6 is 0 Å². The van der Waals surface area contributed by atoms with Crippen LogP contribution in [0.5, 0.6) is 0 Å². The van der Waals surface area contributed by atoms with Crippen LogP contribution in [0.1, 0.15) is 32.6 Å². The molecule has 0 saturated carbocycles. The molecule has 0 radical (unpaired) electrons. The van der Waals surface area contributed by atoms with Gasteiger partial charge in [-0.2, -0.15) is 0 Å². The number of para-hydroxylation sites is 1. The zero-order valence-corrected chi connectivity index (χ0v) is 12.8. The van der Waals surface area contributed by atoms with Gasteiger partial charge in [0.15, 0.2) is 0 Å². The first kappa shape index (κ1) is 14.6. The normalized spacial score (nSPS) is 11.1. The first-order valence-corrected chi connectivity index (χ1v) is 7.85. The van der Waals surface area contributed by atoms with Gasteiger partial charge in [0.2, 0.25) is 0 Å². The quantitative estimate of drug-likeness (QED) is 0.418. The molecular formula is C18H20N2O2. The van der Waals surface area contributed by atoms with Gasteiger partial charge in [0.25, 0.3) is 0 Å². The standard InChI is InChI=1S/C18H20N2O2/c1-2-3-4-7-11-19-17-16-14(10-12-20-17)13-8-5-6-9-15(13)22-18(16)21/h5-6,8-10,12H,2-4,7,11H2,1H3,(H,19,20). The van der Waals surface area contributed by atoms with Crippen molar-refractivity contribution in [2.75, 3.05) is 11.9 Å². The Balaban J connectivity index is 1.98. The van der Waals surface area contributed by atoms with Crippen LogP contribution in [0.15, 0.2) is 45.7 Å². The molecule has 114 valence electrons. The molecule has 3 aromatic rings. The van der Waals surface area contributed by atoms with E-state index in [1.54, 1.807) is 6.20 Å². The number of rotatable bonds is 6. The van der Waals surface area contributed by atoms with Gasteiger partial charge < -0.3 is 9.73 Å². The van der Waals surface area contributed by atoms with E-state index in [2.05, 4.69) is 17.2 Å². The number of aromatic nitrogens is 1. The Morgan fingerprint density at radius 1 is 1.09 bits per heavy atom. The van der Waals surface area contributed by atoms with E-state index in [-0.39, 0.29) is 5.63 Å². The molecule has 4 nitrogen and oxygen atoms in total. The van der Waals surface area contributed by atoms with Crippen molar-refractivity contribution in [1.82, 2.24) is 4.98 Å². The molecule has 0 aliphatic carbocycles. The number of hydrogen-bond acceptors (Lipinski definition) is 4. The average Bonchev–Trinajstić information content (AvgIpc) is 2.55. The van der Waals surface area contributed by atoms with Crippen LogP contribution in [0.4, 0.5) is 5.82 Å². The van der Waals surface area contributed by atoms with Gasteiger partial charge in [-0.15, -0.1) is 0 Å². The number of pyridine rings is 1. The second-order valence-corrected chi connectivity index (χ2v) is 5.46. The van der Waals surface area contributed by atoms with Crippen LogP contribution in [-0.4, -0.2) is 11.5 Å².